The van der Waals surface area contributed by atoms with Gasteiger partial charge in [0.15, 0.2) is 0 Å². The van der Waals surface area contributed by atoms with Crippen LogP contribution in [0.25, 0.3) is 10.8 Å². The van der Waals surface area contributed by atoms with E-state index in [2.05, 4.69) is 5.32 Å². The molecule has 29 heavy (non-hydrogen) atoms. The molecule has 9 heteroatoms. The molecule has 2 aromatic carbocycles. The summed E-state index contributed by atoms with van der Waals surface area (Å²) in [6.07, 6.45) is 0. The first-order valence-electron chi connectivity index (χ1n) is 9.45. The minimum atomic E-state index is -3.58. The van der Waals surface area contributed by atoms with Gasteiger partial charge in [-0.2, -0.15) is 4.31 Å². The molecule has 0 bridgehead atoms. The Bertz CT molecular complexity index is 998. The van der Waals surface area contributed by atoms with Crippen LogP contribution in [-0.4, -0.2) is 87.7 Å². The van der Waals surface area contributed by atoms with Crippen molar-refractivity contribution < 1.29 is 18.0 Å². The Morgan fingerprint density at radius 2 is 1.66 bits per heavy atom. The maximum absolute atomic E-state index is 13.0. The van der Waals surface area contributed by atoms with Crippen molar-refractivity contribution in [3.63, 3.8) is 0 Å². The lowest BCUT2D eigenvalue weighted by molar-refractivity contribution is -0.131. The van der Waals surface area contributed by atoms with E-state index in [4.69, 9.17) is 0 Å². The molecule has 1 aliphatic heterocycles. The smallest absolute Gasteiger partial charge is 0.243 e. The molecule has 0 unspecified atom stereocenters. The summed E-state index contributed by atoms with van der Waals surface area (Å²) in [6, 6.07) is 12.8. The van der Waals surface area contributed by atoms with Gasteiger partial charge in [0.1, 0.15) is 0 Å². The molecule has 1 aliphatic rings. The number of fused-ring (bicyclic) bond motifs is 1. The van der Waals surface area contributed by atoms with Crippen LogP contribution in [0.15, 0.2) is 47.4 Å². The highest BCUT2D eigenvalue weighted by Crippen LogP contribution is 2.22. The van der Waals surface area contributed by atoms with Gasteiger partial charge < -0.3 is 10.2 Å². The van der Waals surface area contributed by atoms with Gasteiger partial charge in [-0.3, -0.25) is 14.5 Å². The van der Waals surface area contributed by atoms with Gasteiger partial charge in [-0.15, -0.1) is 0 Å². The molecule has 1 fully saturated rings. The van der Waals surface area contributed by atoms with Gasteiger partial charge in [0, 0.05) is 40.3 Å². The van der Waals surface area contributed by atoms with Crippen LogP contribution in [-0.2, 0) is 19.6 Å². The van der Waals surface area contributed by atoms with E-state index in [1.54, 1.807) is 26.2 Å². The lowest BCUT2D eigenvalue weighted by Crippen LogP contribution is -2.51. The van der Waals surface area contributed by atoms with Crippen molar-refractivity contribution in [2.24, 2.45) is 0 Å². The maximum Gasteiger partial charge on any atom is 0.243 e. The fourth-order valence-electron chi connectivity index (χ4n) is 3.20. The van der Waals surface area contributed by atoms with Crippen molar-refractivity contribution in [1.82, 2.24) is 19.4 Å². The topological polar surface area (TPSA) is 90.0 Å². The van der Waals surface area contributed by atoms with Gasteiger partial charge in [-0.05, 0) is 22.9 Å². The standard InChI is InChI=1S/C20H26N4O4S/c1-22(2)20(26)14-21-19(25)15-23-9-11-24(12-10-23)29(27,28)18-8-7-16-5-3-4-6-17(16)13-18/h3-8,13H,9-12,14-15H2,1-2H3,(H,21,25). The Morgan fingerprint density at radius 3 is 2.31 bits per heavy atom. The molecule has 2 aromatic rings. The maximum atomic E-state index is 13.0. The van der Waals surface area contributed by atoms with Gasteiger partial charge in [0.05, 0.1) is 18.0 Å². The number of piperazine rings is 1. The van der Waals surface area contributed by atoms with Crippen molar-refractivity contribution in [1.29, 1.82) is 0 Å². The number of nitrogens with zero attached hydrogens (tertiary/aromatic N) is 3. The third kappa shape index (κ3) is 5.11. The third-order valence-electron chi connectivity index (χ3n) is 4.99. The largest absolute Gasteiger partial charge is 0.347 e. The van der Waals surface area contributed by atoms with Crippen LogP contribution in [0.1, 0.15) is 0 Å². The zero-order valence-corrected chi connectivity index (χ0v) is 17.5. The molecule has 0 atom stereocenters. The van der Waals surface area contributed by atoms with Crippen molar-refractivity contribution in [2.45, 2.75) is 4.90 Å². The van der Waals surface area contributed by atoms with Gasteiger partial charge in [-0.25, -0.2) is 8.42 Å². The van der Waals surface area contributed by atoms with Crippen molar-refractivity contribution in [3.8, 4) is 0 Å². The molecule has 1 saturated heterocycles. The van der Waals surface area contributed by atoms with Crippen LogP contribution in [0.5, 0.6) is 0 Å². The molecule has 1 N–H and O–H groups in total. The number of amides is 2. The van der Waals surface area contributed by atoms with E-state index in [1.165, 1.54) is 9.21 Å². The first-order chi connectivity index (χ1) is 13.8. The van der Waals surface area contributed by atoms with Gasteiger partial charge >= 0.3 is 0 Å². The van der Waals surface area contributed by atoms with Crippen LogP contribution in [0.4, 0.5) is 0 Å². The second kappa shape index (κ2) is 8.89. The number of nitrogens with one attached hydrogen (secondary N) is 1. The van der Waals surface area contributed by atoms with Gasteiger partial charge in [0.2, 0.25) is 21.8 Å². The lowest BCUT2D eigenvalue weighted by atomic mass is 10.1. The Balaban J connectivity index is 1.56. The van der Waals surface area contributed by atoms with Crippen LogP contribution >= 0.6 is 0 Å². The van der Waals surface area contributed by atoms with Crippen LogP contribution < -0.4 is 5.32 Å². The SMILES string of the molecule is CN(C)C(=O)CNC(=O)CN1CCN(S(=O)(=O)c2ccc3ccccc3c2)CC1. The first-order valence-corrected chi connectivity index (χ1v) is 10.9. The van der Waals surface area contributed by atoms with E-state index in [-0.39, 0.29) is 29.8 Å². The highest BCUT2D eigenvalue weighted by Gasteiger charge is 2.29. The van der Waals surface area contributed by atoms with E-state index in [1.807, 2.05) is 35.2 Å². The summed E-state index contributed by atoms with van der Waals surface area (Å²) >= 11 is 0. The zero-order valence-electron chi connectivity index (χ0n) is 16.7. The third-order valence-corrected chi connectivity index (χ3v) is 6.89. The quantitative estimate of drug-likeness (QED) is 0.731. The molecule has 8 nitrogen and oxygen atoms in total. The average Bonchev–Trinajstić information content (AvgIpc) is 2.72. The second-order valence-corrected chi connectivity index (χ2v) is 9.19. The number of hydrogen-bond acceptors (Lipinski definition) is 5. The minimum absolute atomic E-state index is 0.0395. The summed E-state index contributed by atoms with van der Waals surface area (Å²) < 4.78 is 27.4. The number of carbonyl (C=O) groups excluding carboxylic acids is 2. The molecule has 2 amide bonds. The van der Waals surface area contributed by atoms with Gasteiger partial charge in [0.25, 0.3) is 0 Å². The summed E-state index contributed by atoms with van der Waals surface area (Å²) in [5.74, 6) is -0.421. The van der Waals surface area contributed by atoms with E-state index >= 15 is 0 Å². The number of rotatable bonds is 6. The van der Waals surface area contributed by atoms with Gasteiger partial charge in [-0.1, -0.05) is 30.3 Å². The summed E-state index contributed by atoms with van der Waals surface area (Å²) in [5, 5.41) is 4.47. The van der Waals surface area contributed by atoms with Crippen LogP contribution in [0, 0.1) is 0 Å². The van der Waals surface area contributed by atoms with E-state index in [0.29, 0.717) is 26.2 Å². The summed E-state index contributed by atoms with van der Waals surface area (Å²) in [7, 11) is -0.323. The van der Waals surface area contributed by atoms with Crippen LogP contribution in [0.3, 0.4) is 0 Å². The highest BCUT2D eigenvalue weighted by atomic mass is 32.2. The fraction of sp³-hybridized carbons (Fsp3) is 0.400. The molecule has 1 heterocycles. The molecule has 0 radical (unpaired) electrons. The summed E-state index contributed by atoms with van der Waals surface area (Å²) in [6.45, 7) is 1.66. The van der Waals surface area contributed by atoms with Crippen molar-refractivity contribution in [2.75, 3.05) is 53.4 Å². The number of hydrogen-bond donors (Lipinski definition) is 1. The van der Waals surface area contributed by atoms with E-state index < -0.39 is 10.0 Å². The molecule has 0 aliphatic carbocycles. The number of benzene rings is 2. The fourth-order valence-corrected chi connectivity index (χ4v) is 4.65. The summed E-state index contributed by atoms with van der Waals surface area (Å²) in [5.41, 5.74) is 0. The lowest BCUT2D eigenvalue weighted by Gasteiger charge is -2.33. The van der Waals surface area contributed by atoms with E-state index in [9.17, 15) is 18.0 Å². The van der Waals surface area contributed by atoms with E-state index in [0.717, 1.165) is 10.8 Å². The number of sulfonamides is 1. The highest BCUT2D eigenvalue weighted by molar-refractivity contribution is 7.89. The summed E-state index contributed by atoms with van der Waals surface area (Å²) in [4.78, 5) is 27.1. The Labute approximate surface area is 171 Å². The Kier molecular flexibility index (Phi) is 6.51. The monoisotopic (exact) mass is 418 g/mol. The normalized spacial score (nSPS) is 15.9. The number of likely N-dealkylation sites (N-methyl/N-ethyl adjacent to an activating group) is 1. The molecule has 3 rings (SSSR count). The Morgan fingerprint density at radius 1 is 1.00 bits per heavy atom. The molecule has 156 valence electrons. The molecule has 0 saturated carbocycles. The predicted molar refractivity (Wildman–Crippen MR) is 111 cm³/mol. The zero-order chi connectivity index (χ0) is 21.0. The number of carbonyl (C=O) groups is 2. The van der Waals surface area contributed by atoms with Crippen molar-refractivity contribution >= 4 is 32.6 Å². The molecular weight excluding hydrogens is 392 g/mol. The molecule has 0 aromatic heterocycles. The molecule has 0 spiro atoms. The first kappa shape index (κ1) is 21.2. The second-order valence-electron chi connectivity index (χ2n) is 7.25. The predicted octanol–water partition coefficient (Wildman–Crippen LogP) is 0.351. The van der Waals surface area contributed by atoms with Crippen molar-refractivity contribution in [3.05, 3.63) is 42.5 Å². The average molecular weight is 419 g/mol. The molecular formula is C20H26N4O4S. The Hall–Kier alpha value is -2.49. The minimum Gasteiger partial charge on any atom is -0.347 e. The van der Waals surface area contributed by atoms with Crippen LogP contribution in [0.2, 0.25) is 0 Å².